The van der Waals surface area contributed by atoms with Crippen LogP contribution in [0.1, 0.15) is 34.3 Å². The van der Waals surface area contributed by atoms with E-state index in [-0.39, 0.29) is 159 Å². The zero-order chi connectivity index (χ0) is 97.4. The van der Waals surface area contributed by atoms with Crippen LogP contribution in [0.3, 0.4) is 0 Å². The molecule has 0 radical (unpaired) electrons. The Hall–Kier alpha value is -15.1. The van der Waals surface area contributed by atoms with Gasteiger partial charge in [-0.25, -0.2) is 0 Å². The predicted molar refractivity (Wildman–Crippen MR) is 484 cm³/mol. The van der Waals surface area contributed by atoms with Crippen molar-refractivity contribution in [1.29, 1.82) is 0 Å². The van der Waals surface area contributed by atoms with Gasteiger partial charge < -0.3 is 18.1 Å². The first kappa shape index (κ1) is 46.4. The van der Waals surface area contributed by atoms with E-state index < -0.39 is 42.3 Å². The third-order valence-electron chi connectivity index (χ3n) is 20.4. The number of nitrogens with zero attached hydrogens (tertiary/aromatic N) is 3. The van der Waals surface area contributed by atoms with E-state index >= 15 is 0 Å². The highest BCUT2D eigenvalue weighted by atomic mass is 16.3. The van der Waals surface area contributed by atoms with Crippen LogP contribution in [-0.2, 0) is 0 Å². The topological polar surface area (TPSA) is 27.9 Å². The second-order valence-electron chi connectivity index (χ2n) is 27.0. The monoisotopic (exact) mass is 1480 g/mol. The minimum atomic E-state index is -0.598. The van der Waals surface area contributed by atoms with Gasteiger partial charge in [-0.15, -0.1) is 0 Å². The summed E-state index contributed by atoms with van der Waals surface area (Å²) in [6.07, 6.45) is 0. The Morgan fingerprint density at radius 3 is 0.868 bits per heavy atom. The van der Waals surface area contributed by atoms with Gasteiger partial charge in [0.1, 0.15) is 11.2 Å². The standard InChI is InChI=1S/C38H24O.3C24H17N/c1-2-10-26(11-3-1)37-30-13-4-6-15-32(30)38(33-16-7-5-14-31(33)37)27-20-18-25(19-21-27)28-22-23-36-34(24-28)29-12-8-9-17-35(29)39-36;3*1-2-8-18(9-3-1)19-14-16-20(17-15-19)25-23-12-6-4-10-21(23)22-11-5-7-13-24(22)25/h1-24H;3*1-17H/i18D,19D,20D,21D,22D,23D,24D;1D,2D,3D,8D,9D,14D,15D,16D,17D;1D,2D,3D,8D,9D;14D,15D,16D,17D. The van der Waals surface area contributed by atoms with Crippen molar-refractivity contribution in [1.82, 2.24) is 13.7 Å². The number of hydrogen-bond acceptors (Lipinski definition) is 1. The minimum absolute atomic E-state index is 0.0310. The lowest BCUT2D eigenvalue weighted by molar-refractivity contribution is 0.669. The zero-order valence-corrected chi connectivity index (χ0v) is 60.6. The van der Waals surface area contributed by atoms with Gasteiger partial charge in [0.05, 0.1) is 67.4 Å². The Bertz CT molecular complexity index is 8720. The Balaban J connectivity index is 0.000000116. The molecule has 0 saturated heterocycles. The molecular weight excluding hydrogens is 1380 g/mol. The van der Waals surface area contributed by atoms with Crippen LogP contribution >= 0.6 is 0 Å². The average Bonchev–Trinajstić information content (AvgIpc) is 1.62. The third-order valence-corrected chi connectivity index (χ3v) is 20.4. The van der Waals surface area contributed by atoms with Gasteiger partial charge in [0.2, 0.25) is 0 Å². The zero-order valence-electron chi connectivity index (χ0n) is 85.6. The summed E-state index contributed by atoms with van der Waals surface area (Å²) < 4.78 is 225. The van der Waals surface area contributed by atoms with Gasteiger partial charge in [-0.2, -0.15) is 0 Å². The first-order valence-corrected chi connectivity index (χ1v) is 37.0. The van der Waals surface area contributed by atoms with E-state index in [0.29, 0.717) is 49.6 Å². The summed E-state index contributed by atoms with van der Waals surface area (Å²) in [5, 5.41) is 10.5. The summed E-state index contributed by atoms with van der Waals surface area (Å²) in [5.41, 5.74) is 10.7. The van der Waals surface area contributed by atoms with Gasteiger partial charge in [0.25, 0.3) is 0 Å². The van der Waals surface area contributed by atoms with E-state index in [9.17, 15) is 5.48 Å². The molecule has 0 aliphatic heterocycles. The van der Waals surface area contributed by atoms with E-state index in [2.05, 4.69) is 41.0 Å². The lowest BCUT2D eigenvalue weighted by Crippen LogP contribution is -1.93. The lowest BCUT2D eigenvalue weighted by Gasteiger charge is -2.18. The number of benzene rings is 19. The summed E-state index contributed by atoms with van der Waals surface area (Å²) in [4.78, 5) is 0. The van der Waals surface area contributed by atoms with Gasteiger partial charge in [0.15, 0.2) is 0 Å². The molecule has 19 aromatic carbocycles. The number of fused-ring (bicyclic) bond motifs is 14. The van der Waals surface area contributed by atoms with Crippen LogP contribution in [0.5, 0.6) is 0 Å². The summed E-state index contributed by atoms with van der Waals surface area (Å²) >= 11 is 0. The van der Waals surface area contributed by atoms with Crippen LogP contribution in [0, 0.1) is 0 Å². The quantitative estimate of drug-likeness (QED) is 0.132. The molecule has 0 fully saturated rings. The number of rotatable bonds is 9. The number of furan rings is 1. The van der Waals surface area contributed by atoms with Crippen molar-refractivity contribution in [3.63, 3.8) is 0 Å². The Morgan fingerprint density at radius 2 is 0.447 bits per heavy atom. The molecular formula is C110H75N3O. The maximum absolute atomic E-state index is 9.31. The molecule has 0 aliphatic carbocycles. The highest BCUT2D eigenvalue weighted by Gasteiger charge is 2.19. The molecule has 0 spiro atoms. The molecule has 4 aromatic heterocycles. The Morgan fingerprint density at radius 1 is 0.167 bits per heavy atom. The van der Waals surface area contributed by atoms with E-state index in [1.54, 1.807) is 28.8 Å². The fraction of sp³-hybridized carbons (Fsp3) is 0. The highest BCUT2D eigenvalue weighted by Crippen LogP contribution is 2.45. The molecule has 0 bridgehead atoms. The van der Waals surface area contributed by atoms with Gasteiger partial charge >= 0.3 is 0 Å². The molecule has 0 aliphatic rings. The van der Waals surface area contributed by atoms with Crippen molar-refractivity contribution >= 4 is 109 Å². The maximum Gasteiger partial charge on any atom is 0.135 e. The van der Waals surface area contributed by atoms with Crippen LogP contribution in [0.2, 0.25) is 0 Å². The summed E-state index contributed by atoms with van der Waals surface area (Å²) in [6, 6.07) is 88.2. The van der Waals surface area contributed by atoms with Crippen molar-refractivity contribution in [2.24, 2.45) is 0 Å². The fourth-order valence-electron chi connectivity index (χ4n) is 15.3. The first-order valence-electron chi connectivity index (χ1n) is 49.5. The van der Waals surface area contributed by atoms with Crippen LogP contribution in [0.15, 0.2) is 459 Å². The molecule has 4 nitrogen and oxygen atoms in total. The smallest absolute Gasteiger partial charge is 0.135 e. The third kappa shape index (κ3) is 12.7. The Kier molecular flexibility index (Phi) is 12.2. The molecule has 0 saturated carbocycles. The molecule has 23 rings (SSSR count). The van der Waals surface area contributed by atoms with Crippen molar-refractivity contribution in [3.8, 4) is 83.8 Å². The van der Waals surface area contributed by atoms with Crippen molar-refractivity contribution < 1.29 is 38.7 Å². The van der Waals surface area contributed by atoms with E-state index in [4.69, 9.17) is 33.2 Å². The summed E-state index contributed by atoms with van der Waals surface area (Å²) in [7, 11) is 0. The molecule has 0 atom stereocenters. The van der Waals surface area contributed by atoms with Gasteiger partial charge in [-0.3, -0.25) is 0 Å². The SMILES string of the molecule is [2H]c1c([2H])c(-c2c3ccccc3c(-c3ccccc3)c3ccccc23)c([2H])c([2H])c1-c1c([2H])c([2H])c2oc3ccccc3c2c1[2H].[2H]c1c([2H])c(-n2c3ccccc3c3ccccc32)c([2H])c([2H])c1-c1ccccc1.[2H]c1c([2H])c([2H])c(-c2c([2H])c([2H])c(-n3c4ccccc4c4ccccc43)c([2H])c2[2H])c([2H])c1[2H].[2H]c1c([2H])c([2H])c(-c2ccc(-n3c4ccccc4c4ccccc43)cc2)c([2H])c1[2H]. The van der Waals surface area contributed by atoms with Crippen LogP contribution < -0.4 is 0 Å². The maximum atomic E-state index is 9.31. The molecule has 4 heteroatoms. The largest absolute Gasteiger partial charge is 0.456 e. The second kappa shape index (κ2) is 30.1. The fourth-order valence-corrected chi connectivity index (χ4v) is 15.3. The normalized spacial score (nSPS) is 14.4. The van der Waals surface area contributed by atoms with Crippen molar-refractivity contribution in [2.75, 3.05) is 0 Å². The minimum Gasteiger partial charge on any atom is -0.456 e. The predicted octanol–water partition coefficient (Wildman–Crippen LogP) is 30.2. The molecule has 0 N–H and O–H groups in total. The number of aromatic nitrogens is 3. The summed E-state index contributed by atoms with van der Waals surface area (Å²) in [5.74, 6) is 0. The Labute approximate surface area is 696 Å². The first-order chi connectivity index (χ1) is 67.0. The molecule has 0 amide bonds. The van der Waals surface area contributed by atoms with Gasteiger partial charge in [-0.1, -0.05) is 364 Å². The van der Waals surface area contributed by atoms with E-state index in [0.717, 1.165) is 82.0 Å². The molecule has 536 valence electrons. The average molecular weight is 1480 g/mol. The van der Waals surface area contributed by atoms with E-state index in [1.807, 2.05) is 247 Å². The second-order valence-corrected chi connectivity index (χ2v) is 27.0. The summed E-state index contributed by atoms with van der Waals surface area (Å²) in [6.45, 7) is 0. The van der Waals surface area contributed by atoms with Crippen molar-refractivity contribution in [3.05, 3.63) is 454 Å². The van der Waals surface area contributed by atoms with Gasteiger partial charge in [0, 0.05) is 60.2 Å². The molecule has 4 heterocycles. The lowest BCUT2D eigenvalue weighted by atomic mass is 9.86. The number of hydrogen-bond donors (Lipinski definition) is 0. The van der Waals surface area contributed by atoms with Crippen molar-refractivity contribution in [2.45, 2.75) is 0 Å². The highest BCUT2D eigenvalue weighted by molar-refractivity contribution is 6.22. The van der Waals surface area contributed by atoms with Crippen LogP contribution in [0.4, 0.5) is 0 Å². The van der Waals surface area contributed by atoms with Gasteiger partial charge in [-0.05, 0) is 179 Å². The number of para-hydroxylation sites is 7. The van der Waals surface area contributed by atoms with Crippen LogP contribution in [-0.4, -0.2) is 13.7 Å². The van der Waals surface area contributed by atoms with E-state index in [1.165, 1.54) is 10.8 Å². The molecule has 114 heavy (non-hydrogen) atoms. The molecule has 0 unspecified atom stereocenters. The van der Waals surface area contributed by atoms with Crippen LogP contribution in [0.25, 0.3) is 193 Å². The molecule has 23 aromatic rings.